The highest BCUT2D eigenvalue weighted by Crippen LogP contribution is 2.52. The van der Waals surface area contributed by atoms with E-state index in [4.69, 9.17) is 9.47 Å². The number of benzene rings is 2. The molecule has 7 nitrogen and oxygen atoms in total. The molecule has 3 saturated heterocycles. The Bertz CT molecular complexity index is 1490. The number of halogens is 1. The third-order valence-electron chi connectivity index (χ3n) is 10.3. The molecule has 6 rings (SSSR count). The van der Waals surface area contributed by atoms with E-state index >= 15 is 0 Å². The highest BCUT2D eigenvalue weighted by atomic mass is 127. The van der Waals surface area contributed by atoms with Crippen LogP contribution in [0.15, 0.2) is 59.2 Å². The van der Waals surface area contributed by atoms with Crippen molar-refractivity contribution in [3.8, 4) is 11.5 Å². The summed E-state index contributed by atoms with van der Waals surface area (Å²) in [4.78, 5) is 32.2. The first-order chi connectivity index (χ1) is 21.7. The number of allylic oxidation sites excluding steroid dienone is 2. The number of aromatic hydroxyl groups is 1. The van der Waals surface area contributed by atoms with Crippen LogP contribution in [0, 0.1) is 27.2 Å². The van der Waals surface area contributed by atoms with Crippen molar-refractivity contribution < 1.29 is 24.2 Å². The van der Waals surface area contributed by atoms with E-state index in [1.807, 2.05) is 18.2 Å². The number of likely N-dealkylation sites (tertiary alicyclic amines) is 2. The van der Waals surface area contributed by atoms with Crippen LogP contribution in [0.5, 0.6) is 11.5 Å². The van der Waals surface area contributed by atoms with E-state index in [0.717, 1.165) is 54.5 Å². The van der Waals surface area contributed by atoms with Gasteiger partial charge in [0.15, 0.2) is 11.5 Å². The van der Waals surface area contributed by atoms with Gasteiger partial charge in [0.1, 0.15) is 0 Å². The Morgan fingerprint density at radius 1 is 1.11 bits per heavy atom. The Morgan fingerprint density at radius 2 is 1.84 bits per heavy atom. The second-order valence-electron chi connectivity index (χ2n) is 13.5. The fourth-order valence-electron chi connectivity index (χ4n) is 8.07. The monoisotopic (exact) mass is 724 g/mol. The normalized spacial score (nSPS) is 26.2. The fraction of sp³-hybridized carbons (Fsp3) is 0.514. The van der Waals surface area contributed by atoms with Gasteiger partial charge in [-0.15, -0.1) is 0 Å². The molecule has 0 saturated carbocycles. The zero-order chi connectivity index (χ0) is 31.8. The third-order valence-corrected chi connectivity index (χ3v) is 11.2. The van der Waals surface area contributed by atoms with E-state index in [0.29, 0.717) is 24.7 Å². The number of rotatable bonds is 9. The summed E-state index contributed by atoms with van der Waals surface area (Å²) < 4.78 is 12.6. The van der Waals surface area contributed by atoms with Crippen molar-refractivity contribution in [3.63, 3.8) is 0 Å². The average molecular weight is 725 g/mol. The van der Waals surface area contributed by atoms with E-state index in [1.54, 1.807) is 12.0 Å². The van der Waals surface area contributed by atoms with Gasteiger partial charge < -0.3 is 14.6 Å². The minimum Gasteiger partial charge on any atom is -0.504 e. The summed E-state index contributed by atoms with van der Waals surface area (Å²) in [5, 5.41) is 10.2. The molecular weight excluding hydrogens is 679 g/mol. The zero-order valence-corrected chi connectivity index (χ0v) is 29.0. The summed E-state index contributed by atoms with van der Waals surface area (Å²) in [6, 6.07) is 14.3. The summed E-state index contributed by atoms with van der Waals surface area (Å²) in [5.41, 5.74) is 6.11. The Kier molecular flexibility index (Phi) is 9.73. The number of imide groups is 1. The molecule has 0 unspecified atom stereocenters. The van der Waals surface area contributed by atoms with E-state index in [9.17, 15) is 14.7 Å². The molecule has 0 bridgehead atoms. The van der Waals surface area contributed by atoms with Crippen LogP contribution in [0.2, 0.25) is 0 Å². The Morgan fingerprint density at radius 3 is 2.53 bits per heavy atom. The van der Waals surface area contributed by atoms with Crippen LogP contribution in [0.1, 0.15) is 64.0 Å². The lowest BCUT2D eigenvalue weighted by atomic mass is 9.67. The van der Waals surface area contributed by atoms with Crippen LogP contribution in [0.3, 0.4) is 0 Å². The fourth-order valence-corrected chi connectivity index (χ4v) is 8.69. The molecule has 4 aliphatic rings. The maximum absolute atomic E-state index is 14.1. The molecule has 2 amide bonds. The molecule has 2 aromatic carbocycles. The Balaban J connectivity index is 1.14. The molecular formula is C37H45IN2O5. The number of methoxy groups -OCH3 is 1. The van der Waals surface area contributed by atoms with Gasteiger partial charge in [-0.25, -0.2) is 0 Å². The van der Waals surface area contributed by atoms with Gasteiger partial charge in [0.25, 0.3) is 0 Å². The molecule has 0 aromatic heterocycles. The maximum Gasteiger partial charge on any atom is 0.234 e. The first-order valence-corrected chi connectivity index (χ1v) is 17.4. The molecule has 0 spiro atoms. The van der Waals surface area contributed by atoms with Gasteiger partial charge in [0.2, 0.25) is 11.8 Å². The highest BCUT2D eigenvalue weighted by Gasteiger charge is 2.58. The van der Waals surface area contributed by atoms with Crippen molar-refractivity contribution in [2.45, 2.75) is 71.6 Å². The van der Waals surface area contributed by atoms with Crippen LogP contribution in [-0.2, 0) is 20.9 Å². The standard InChI is InChI=1S/C37H45IN2O5/c1-22(2)27-19-28-34(37(43)40(36(28)42)26-12-14-39(15-13-26)20-24-8-6-5-7-9-24)29-21-45-31(33(27)29)11-10-23(3)16-25-17-30(38)35(41)32(18-25)44-4/h5-9,16-18,22,26,28-29,31,34,41H,10-15,19-21H2,1-4H3/b23-16+/t28-,29+,31-,34-/m1/s1. The van der Waals surface area contributed by atoms with Gasteiger partial charge in [-0.1, -0.05) is 61.4 Å². The number of carbonyl (C=O) groups is 2. The molecule has 2 aromatic rings. The number of piperidine rings is 1. The van der Waals surface area contributed by atoms with E-state index in [-0.39, 0.29) is 47.5 Å². The smallest absolute Gasteiger partial charge is 0.234 e. The van der Waals surface area contributed by atoms with Crippen LogP contribution in [-0.4, -0.2) is 65.7 Å². The molecule has 8 heteroatoms. The Labute approximate surface area is 280 Å². The number of fused-ring (bicyclic) bond motifs is 3. The van der Waals surface area contributed by atoms with Gasteiger partial charge in [0.05, 0.1) is 35.2 Å². The number of nitrogens with zero attached hydrogens (tertiary/aromatic N) is 2. The molecule has 3 heterocycles. The summed E-state index contributed by atoms with van der Waals surface area (Å²) in [6.07, 6.45) is 6.12. The number of hydrogen-bond acceptors (Lipinski definition) is 6. The van der Waals surface area contributed by atoms with Gasteiger partial charge in [0, 0.05) is 31.6 Å². The molecule has 3 aliphatic heterocycles. The average Bonchev–Trinajstić information content (AvgIpc) is 3.56. The minimum atomic E-state index is -0.300. The molecule has 240 valence electrons. The minimum absolute atomic E-state index is 0.0129. The van der Waals surface area contributed by atoms with Crippen LogP contribution < -0.4 is 4.74 Å². The molecule has 3 fully saturated rings. The van der Waals surface area contributed by atoms with E-state index < -0.39 is 0 Å². The number of carbonyl (C=O) groups excluding carboxylic acids is 2. The Hall–Kier alpha value is -2.69. The van der Waals surface area contributed by atoms with E-state index in [2.05, 4.69) is 78.6 Å². The predicted octanol–water partition coefficient (Wildman–Crippen LogP) is 6.83. The predicted molar refractivity (Wildman–Crippen MR) is 184 cm³/mol. The topological polar surface area (TPSA) is 79.3 Å². The van der Waals surface area contributed by atoms with Gasteiger partial charge >= 0.3 is 0 Å². The lowest BCUT2D eigenvalue weighted by Crippen LogP contribution is -2.47. The number of ether oxygens (including phenoxy) is 2. The number of amides is 2. The lowest BCUT2D eigenvalue weighted by molar-refractivity contribution is -0.144. The number of phenols is 1. The van der Waals surface area contributed by atoms with Gasteiger partial charge in [-0.3, -0.25) is 19.4 Å². The molecule has 4 atom stereocenters. The van der Waals surface area contributed by atoms with Crippen molar-refractivity contribution in [3.05, 3.63) is 73.9 Å². The van der Waals surface area contributed by atoms with Crippen LogP contribution in [0.25, 0.3) is 6.08 Å². The first kappa shape index (κ1) is 32.3. The molecule has 1 aliphatic carbocycles. The summed E-state index contributed by atoms with van der Waals surface area (Å²) in [5.74, 6) is 0.431. The van der Waals surface area contributed by atoms with Crippen LogP contribution >= 0.6 is 22.6 Å². The third kappa shape index (κ3) is 6.47. The van der Waals surface area contributed by atoms with Crippen molar-refractivity contribution in [2.75, 3.05) is 26.8 Å². The largest absolute Gasteiger partial charge is 0.504 e. The number of phenolic OH excluding ortho intramolecular Hbond substituents is 1. The first-order valence-electron chi connectivity index (χ1n) is 16.4. The van der Waals surface area contributed by atoms with Crippen molar-refractivity contribution >= 4 is 40.5 Å². The molecule has 1 N–H and O–H groups in total. The second kappa shape index (κ2) is 13.6. The lowest BCUT2D eigenvalue weighted by Gasteiger charge is -2.36. The van der Waals surface area contributed by atoms with E-state index in [1.165, 1.54) is 22.3 Å². The summed E-state index contributed by atoms with van der Waals surface area (Å²) in [7, 11) is 1.56. The summed E-state index contributed by atoms with van der Waals surface area (Å²) in [6.45, 7) is 9.74. The van der Waals surface area contributed by atoms with Gasteiger partial charge in [-0.2, -0.15) is 0 Å². The van der Waals surface area contributed by atoms with Crippen molar-refractivity contribution in [2.24, 2.45) is 23.7 Å². The zero-order valence-electron chi connectivity index (χ0n) is 26.8. The SMILES string of the molecule is COc1cc(/C=C(\C)CC[C@H]2OC[C@H]3C2=C(C(C)C)C[C@H]2C(=O)N(C4CCN(Cc5ccccc5)CC4)C(=O)[C@H]23)cc(I)c1O. The second-order valence-corrected chi connectivity index (χ2v) is 14.7. The van der Waals surface area contributed by atoms with Crippen molar-refractivity contribution in [1.82, 2.24) is 9.80 Å². The van der Waals surface area contributed by atoms with Crippen LogP contribution in [0.4, 0.5) is 0 Å². The number of hydrogen-bond donors (Lipinski definition) is 1. The summed E-state index contributed by atoms with van der Waals surface area (Å²) >= 11 is 2.12. The molecule has 45 heavy (non-hydrogen) atoms. The van der Waals surface area contributed by atoms with Gasteiger partial charge in [-0.05, 0) is 96.4 Å². The maximum atomic E-state index is 14.1. The molecule has 0 radical (unpaired) electrons. The van der Waals surface area contributed by atoms with Crippen molar-refractivity contribution in [1.29, 1.82) is 0 Å². The quantitative estimate of drug-likeness (QED) is 0.174. The highest BCUT2D eigenvalue weighted by molar-refractivity contribution is 14.1.